The van der Waals surface area contributed by atoms with E-state index in [1.165, 1.54) is 12.1 Å². The molecule has 1 aliphatic heterocycles. The van der Waals surface area contributed by atoms with Gasteiger partial charge in [-0.15, -0.1) is 0 Å². The third-order valence-electron chi connectivity index (χ3n) is 4.95. The molecular formula is C20H20BrFN4O. The number of carbonyl (C=O) groups excluding carboxylic acids is 1. The second-order valence-corrected chi connectivity index (χ2v) is 7.71. The largest absolute Gasteiger partial charge is 0.368 e. The zero-order chi connectivity index (χ0) is 19.1. The van der Waals surface area contributed by atoms with E-state index < -0.39 is 0 Å². The fourth-order valence-corrected chi connectivity index (χ4v) is 4.21. The van der Waals surface area contributed by atoms with E-state index in [0.717, 1.165) is 40.2 Å². The average molecular weight is 431 g/mol. The maximum absolute atomic E-state index is 13.2. The van der Waals surface area contributed by atoms with Gasteiger partial charge in [0.15, 0.2) is 5.65 Å². The second-order valence-electron chi connectivity index (χ2n) is 6.86. The molecule has 0 atom stereocenters. The number of pyridine rings is 1. The molecule has 0 unspecified atom stereocenters. The summed E-state index contributed by atoms with van der Waals surface area (Å²) in [5.41, 5.74) is 4.14. The number of hydrogen-bond donors (Lipinski definition) is 0. The lowest BCUT2D eigenvalue weighted by molar-refractivity contribution is 0.0739. The van der Waals surface area contributed by atoms with Crippen molar-refractivity contribution >= 4 is 33.2 Å². The van der Waals surface area contributed by atoms with Crippen molar-refractivity contribution in [2.24, 2.45) is 0 Å². The Bertz CT molecular complexity index is 1010. The van der Waals surface area contributed by atoms with Gasteiger partial charge >= 0.3 is 0 Å². The molecule has 4 rings (SSSR count). The van der Waals surface area contributed by atoms with E-state index in [1.807, 2.05) is 35.4 Å². The minimum atomic E-state index is -0.239. The van der Waals surface area contributed by atoms with Crippen LogP contribution in [-0.4, -0.2) is 46.4 Å². The number of fused-ring (bicyclic) bond motifs is 1. The molecule has 0 aliphatic carbocycles. The van der Waals surface area contributed by atoms with E-state index in [2.05, 4.69) is 25.8 Å². The lowest BCUT2D eigenvalue weighted by Gasteiger charge is -2.36. The topological polar surface area (TPSA) is 40.9 Å². The van der Waals surface area contributed by atoms with Gasteiger partial charge in [-0.2, -0.15) is 0 Å². The van der Waals surface area contributed by atoms with E-state index >= 15 is 0 Å². The van der Waals surface area contributed by atoms with Gasteiger partial charge in [0.1, 0.15) is 11.5 Å². The van der Waals surface area contributed by atoms with E-state index in [9.17, 15) is 9.18 Å². The van der Waals surface area contributed by atoms with E-state index in [0.29, 0.717) is 18.8 Å². The second kappa shape index (κ2) is 6.96. The highest BCUT2D eigenvalue weighted by Crippen LogP contribution is 2.24. The highest BCUT2D eigenvalue weighted by Gasteiger charge is 2.26. The predicted molar refractivity (Wildman–Crippen MR) is 107 cm³/mol. The number of carbonyl (C=O) groups is 1. The van der Waals surface area contributed by atoms with Gasteiger partial charge in [0.2, 0.25) is 0 Å². The molecule has 27 heavy (non-hydrogen) atoms. The summed E-state index contributed by atoms with van der Waals surface area (Å²) in [6.45, 7) is 6.55. The third kappa shape index (κ3) is 3.32. The van der Waals surface area contributed by atoms with Crippen LogP contribution in [0.25, 0.3) is 5.65 Å². The number of aryl methyl sites for hydroxylation is 2. The predicted octanol–water partition coefficient (Wildman–Crippen LogP) is 3.82. The Kier molecular flexibility index (Phi) is 4.63. The fourth-order valence-electron chi connectivity index (χ4n) is 3.57. The molecule has 0 spiro atoms. The number of halogens is 2. The molecule has 0 N–H and O–H groups in total. The van der Waals surface area contributed by atoms with Crippen molar-refractivity contribution < 1.29 is 9.18 Å². The number of imidazole rings is 1. The Hall–Kier alpha value is -2.41. The van der Waals surface area contributed by atoms with Crippen LogP contribution < -0.4 is 4.90 Å². The van der Waals surface area contributed by atoms with Gasteiger partial charge in [-0.25, -0.2) is 9.37 Å². The van der Waals surface area contributed by atoms with Crippen LogP contribution in [0.4, 0.5) is 10.1 Å². The van der Waals surface area contributed by atoms with Crippen LogP contribution in [0, 0.1) is 19.7 Å². The van der Waals surface area contributed by atoms with Crippen molar-refractivity contribution in [3.05, 3.63) is 63.8 Å². The van der Waals surface area contributed by atoms with Crippen molar-refractivity contribution in [3.8, 4) is 0 Å². The van der Waals surface area contributed by atoms with Crippen molar-refractivity contribution in [3.63, 3.8) is 0 Å². The molecule has 5 nitrogen and oxygen atoms in total. The summed E-state index contributed by atoms with van der Waals surface area (Å²) >= 11 is 3.54. The van der Waals surface area contributed by atoms with Crippen molar-refractivity contribution in [2.75, 3.05) is 31.1 Å². The van der Waals surface area contributed by atoms with Gasteiger partial charge in [0.25, 0.3) is 5.91 Å². The van der Waals surface area contributed by atoms with Gasteiger partial charge in [0, 0.05) is 38.1 Å². The Morgan fingerprint density at radius 3 is 2.44 bits per heavy atom. The molecule has 3 aromatic rings. The number of piperazine rings is 1. The first kappa shape index (κ1) is 18.0. The molecule has 1 aliphatic rings. The molecule has 1 fully saturated rings. The van der Waals surface area contributed by atoms with Crippen LogP contribution in [-0.2, 0) is 0 Å². The minimum absolute atomic E-state index is 0.00347. The minimum Gasteiger partial charge on any atom is -0.368 e. The maximum Gasteiger partial charge on any atom is 0.272 e. The van der Waals surface area contributed by atoms with Gasteiger partial charge in [-0.05, 0) is 65.7 Å². The number of hydrogen-bond acceptors (Lipinski definition) is 3. The molecule has 0 radical (unpaired) electrons. The Morgan fingerprint density at radius 2 is 1.78 bits per heavy atom. The number of nitrogens with zero attached hydrogens (tertiary/aromatic N) is 4. The molecule has 140 valence electrons. The van der Waals surface area contributed by atoms with Crippen molar-refractivity contribution in [2.45, 2.75) is 13.8 Å². The van der Waals surface area contributed by atoms with Crippen molar-refractivity contribution in [1.82, 2.24) is 14.3 Å². The van der Waals surface area contributed by atoms with Crippen molar-refractivity contribution in [1.29, 1.82) is 0 Å². The van der Waals surface area contributed by atoms with Crippen LogP contribution in [0.3, 0.4) is 0 Å². The Balaban J connectivity index is 1.55. The van der Waals surface area contributed by atoms with Crippen LogP contribution in [0.1, 0.15) is 21.7 Å². The SMILES string of the molecule is Cc1cc(Br)c2nc(C)c(C(=O)N3CCN(c4ccc(F)cc4)CC3)n2c1. The molecule has 0 bridgehead atoms. The number of rotatable bonds is 2. The Morgan fingerprint density at radius 1 is 1.11 bits per heavy atom. The first-order valence-electron chi connectivity index (χ1n) is 8.88. The summed E-state index contributed by atoms with van der Waals surface area (Å²) in [6.07, 6.45) is 1.95. The lowest BCUT2D eigenvalue weighted by atomic mass is 10.2. The van der Waals surface area contributed by atoms with Crippen LogP contribution in [0.15, 0.2) is 41.0 Å². The first-order chi connectivity index (χ1) is 12.9. The third-order valence-corrected chi connectivity index (χ3v) is 5.53. The monoisotopic (exact) mass is 430 g/mol. The zero-order valence-electron chi connectivity index (χ0n) is 15.2. The summed E-state index contributed by atoms with van der Waals surface area (Å²) < 4.78 is 15.9. The first-order valence-corrected chi connectivity index (χ1v) is 9.68. The summed E-state index contributed by atoms with van der Waals surface area (Å²) in [6, 6.07) is 8.49. The molecule has 1 aromatic carbocycles. The van der Waals surface area contributed by atoms with Gasteiger partial charge in [-0.3, -0.25) is 9.20 Å². The number of aromatic nitrogens is 2. The maximum atomic E-state index is 13.2. The lowest BCUT2D eigenvalue weighted by Crippen LogP contribution is -2.49. The average Bonchev–Trinajstić information content (AvgIpc) is 2.98. The zero-order valence-corrected chi connectivity index (χ0v) is 16.8. The number of amides is 1. The van der Waals surface area contributed by atoms with Gasteiger partial charge < -0.3 is 9.80 Å². The van der Waals surface area contributed by atoms with E-state index in [1.54, 1.807) is 12.1 Å². The number of anilines is 1. The normalized spacial score (nSPS) is 14.8. The Labute approximate surface area is 165 Å². The summed E-state index contributed by atoms with van der Waals surface area (Å²) in [4.78, 5) is 21.8. The molecule has 1 saturated heterocycles. The smallest absolute Gasteiger partial charge is 0.272 e. The van der Waals surface area contributed by atoms with Gasteiger partial charge in [-0.1, -0.05) is 0 Å². The van der Waals surface area contributed by atoms with E-state index in [-0.39, 0.29) is 11.7 Å². The fraction of sp³-hybridized carbons (Fsp3) is 0.300. The molecule has 2 aromatic heterocycles. The molecule has 0 saturated carbocycles. The molecule has 1 amide bonds. The summed E-state index contributed by atoms with van der Waals surface area (Å²) in [5, 5.41) is 0. The van der Waals surface area contributed by atoms with Crippen LogP contribution in [0.5, 0.6) is 0 Å². The van der Waals surface area contributed by atoms with Gasteiger partial charge in [0.05, 0.1) is 10.2 Å². The quantitative estimate of drug-likeness (QED) is 0.620. The molecular weight excluding hydrogens is 411 g/mol. The van der Waals surface area contributed by atoms with Crippen LogP contribution in [0.2, 0.25) is 0 Å². The summed E-state index contributed by atoms with van der Waals surface area (Å²) in [5.74, 6) is -0.242. The standard InChI is InChI=1S/C20H20BrFN4O/c1-13-11-17(21)19-23-14(2)18(26(19)12-13)20(27)25-9-7-24(8-10-25)16-5-3-15(22)4-6-16/h3-6,11-12H,7-10H2,1-2H3. The molecule has 3 heterocycles. The summed E-state index contributed by atoms with van der Waals surface area (Å²) in [7, 11) is 0. The number of benzene rings is 1. The van der Waals surface area contributed by atoms with Crippen LogP contribution >= 0.6 is 15.9 Å². The van der Waals surface area contributed by atoms with E-state index in [4.69, 9.17) is 0 Å². The highest BCUT2D eigenvalue weighted by atomic mass is 79.9. The molecule has 7 heteroatoms. The highest BCUT2D eigenvalue weighted by molar-refractivity contribution is 9.10.